The molecule has 1 aromatic carbocycles. The van der Waals surface area contributed by atoms with E-state index >= 15 is 0 Å². The first-order valence-electron chi connectivity index (χ1n) is 4.10. The summed E-state index contributed by atoms with van der Waals surface area (Å²) < 4.78 is 16.8. The van der Waals surface area contributed by atoms with Crippen LogP contribution in [0.1, 0.15) is 5.56 Å². The summed E-state index contributed by atoms with van der Waals surface area (Å²) in [4.78, 5) is 0. The van der Waals surface area contributed by atoms with Crippen LogP contribution in [0.3, 0.4) is 0 Å². The van der Waals surface area contributed by atoms with Crippen LogP contribution in [0.15, 0.2) is 24.3 Å². The highest BCUT2D eigenvalue weighted by Crippen LogP contribution is 2.26. The van der Waals surface area contributed by atoms with E-state index in [1.54, 1.807) is 21.3 Å². The van der Waals surface area contributed by atoms with Crippen molar-refractivity contribution in [3.8, 4) is 0 Å². The molecule has 78 valence electrons. The monoisotopic (exact) mass is 308 g/mol. The summed E-state index contributed by atoms with van der Waals surface area (Å²) in [6, 6.07) is 7.78. The third-order valence-electron chi connectivity index (χ3n) is 2.00. The maximum Gasteiger partial charge on any atom is 0.311 e. The number of benzene rings is 1. The standard InChI is InChI=1S/C10H13IO3/c1-12-10(13-2,14-3)8-4-6-9(11)7-5-8/h4-7H,1-3H3. The van der Waals surface area contributed by atoms with Crippen molar-refractivity contribution in [1.29, 1.82) is 0 Å². The highest BCUT2D eigenvalue weighted by atomic mass is 127. The second-order valence-electron chi connectivity index (χ2n) is 2.68. The van der Waals surface area contributed by atoms with E-state index in [9.17, 15) is 0 Å². The molecule has 0 aliphatic heterocycles. The molecule has 0 radical (unpaired) electrons. The van der Waals surface area contributed by atoms with Crippen molar-refractivity contribution >= 4 is 22.6 Å². The largest absolute Gasteiger partial charge is 0.327 e. The molecule has 0 fully saturated rings. The second-order valence-corrected chi connectivity index (χ2v) is 3.92. The fraction of sp³-hybridized carbons (Fsp3) is 0.400. The summed E-state index contributed by atoms with van der Waals surface area (Å²) in [6.07, 6.45) is 0. The molecule has 4 heteroatoms. The van der Waals surface area contributed by atoms with Gasteiger partial charge >= 0.3 is 5.97 Å². The highest BCUT2D eigenvalue weighted by Gasteiger charge is 2.31. The Balaban J connectivity index is 3.05. The third kappa shape index (κ3) is 2.25. The minimum atomic E-state index is -1.09. The Morgan fingerprint density at radius 3 is 1.71 bits per heavy atom. The van der Waals surface area contributed by atoms with Gasteiger partial charge in [-0.1, -0.05) is 0 Å². The molecule has 0 saturated heterocycles. The van der Waals surface area contributed by atoms with Crippen LogP contribution in [-0.4, -0.2) is 21.3 Å². The Morgan fingerprint density at radius 2 is 1.36 bits per heavy atom. The predicted molar refractivity (Wildman–Crippen MR) is 61.9 cm³/mol. The zero-order chi connectivity index (χ0) is 10.6. The predicted octanol–water partition coefficient (Wildman–Crippen LogP) is 2.34. The van der Waals surface area contributed by atoms with Crippen LogP contribution in [0, 0.1) is 3.57 Å². The van der Waals surface area contributed by atoms with Crippen molar-refractivity contribution in [2.24, 2.45) is 0 Å². The molecular weight excluding hydrogens is 295 g/mol. The Bertz CT molecular complexity index is 272. The van der Waals surface area contributed by atoms with Gasteiger partial charge in [0.2, 0.25) is 0 Å². The number of hydrogen-bond acceptors (Lipinski definition) is 3. The molecule has 0 unspecified atom stereocenters. The maximum absolute atomic E-state index is 5.22. The molecule has 0 saturated carbocycles. The van der Waals surface area contributed by atoms with E-state index in [0.29, 0.717) is 0 Å². The van der Waals surface area contributed by atoms with Crippen molar-refractivity contribution in [2.75, 3.05) is 21.3 Å². The van der Waals surface area contributed by atoms with Crippen molar-refractivity contribution in [1.82, 2.24) is 0 Å². The molecule has 0 aliphatic carbocycles. The molecule has 0 N–H and O–H groups in total. The van der Waals surface area contributed by atoms with Crippen molar-refractivity contribution in [3.05, 3.63) is 33.4 Å². The van der Waals surface area contributed by atoms with E-state index in [1.165, 1.54) is 0 Å². The normalized spacial score (nSPS) is 11.7. The molecule has 1 rings (SSSR count). The van der Waals surface area contributed by atoms with E-state index in [1.807, 2.05) is 24.3 Å². The van der Waals surface area contributed by atoms with E-state index in [2.05, 4.69) is 22.6 Å². The van der Waals surface area contributed by atoms with Crippen LogP contribution in [0.4, 0.5) is 0 Å². The summed E-state index contributed by atoms with van der Waals surface area (Å²) >= 11 is 2.24. The average Bonchev–Trinajstić information content (AvgIpc) is 2.24. The first kappa shape index (κ1) is 11.9. The quantitative estimate of drug-likeness (QED) is 0.631. The van der Waals surface area contributed by atoms with Gasteiger partial charge in [0.1, 0.15) is 0 Å². The van der Waals surface area contributed by atoms with Crippen molar-refractivity contribution in [2.45, 2.75) is 5.97 Å². The van der Waals surface area contributed by atoms with Gasteiger partial charge in [-0.3, -0.25) is 0 Å². The molecule has 0 bridgehead atoms. The molecule has 14 heavy (non-hydrogen) atoms. The third-order valence-corrected chi connectivity index (χ3v) is 2.72. The lowest BCUT2D eigenvalue weighted by atomic mass is 10.2. The Morgan fingerprint density at radius 1 is 0.929 bits per heavy atom. The Labute approximate surface area is 97.5 Å². The molecule has 0 atom stereocenters. The summed E-state index contributed by atoms with van der Waals surface area (Å²) in [7, 11) is 4.64. The van der Waals surface area contributed by atoms with Crippen LogP contribution < -0.4 is 0 Å². The van der Waals surface area contributed by atoms with Gasteiger partial charge in [0.05, 0.1) is 0 Å². The molecule has 0 spiro atoms. The van der Waals surface area contributed by atoms with E-state index < -0.39 is 5.97 Å². The van der Waals surface area contributed by atoms with Gasteiger partial charge in [0, 0.05) is 30.5 Å². The summed E-state index contributed by atoms with van der Waals surface area (Å²) in [5, 5.41) is 0. The van der Waals surface area contributed by atoms with Crippen LogP contribution in [0.5, 0.6) is 0 Å². The van der Waals surface area contributed by atoms with Gasteiger partial charge in [-0.2, -0.15) is 0 Å². The first-order valence-corrected chi connectivity index (χ1v) is 5.18. The van der Waals surface area contributed by atoms with Crippen LogP contribution >= 0.6 is 22.6 Å². The number of halogens is 1. The zero-order valence-electron chi connectivity index (χ0n) is 8.41. The lowest BCUT2D eigenvalue weighted by Crippen LogP contribution is -2.32. The summed E-state index contributed by atoms with van der Waals surface area (Å²) in [5.74, 6) is -1.09. The van der Waals surface area contributed by atoms with E-state index in [0.717, 1.165) is 9.13 Å². The zero-order valence-corrected chi connectivity index (χ0v) is 10.6. The SMILES string of the molecule is COC(OC)(OC)c1ccc(I)cc1. The average molecular weight is 308 g/mol. The topological polar surface area (TPSA) is 27.7 Å². The fourth-order valence-electron chi connectivity index (χ4n) is 1.26. The molecule has 3 nitrogen and oxygen atoms in total. The van der Waals surface area contributed by atoms with E-state index in [4.69, 9.17) is 14.2 Å². The lowest BCUT2D eigenvalue weighted by molar-refractivity contribution is -0.364. The fourth-order valence-corrected chi connectivity index (χ4v) is 1.62. The number of rotatable bonds is 4. The van der Waals surface area contributed by atoms with Gasteiger partial charge in [-0.15, -0.1) is 0 Å². The van der Waals surface area contributed by atoms with Gasteiger partial charge in [0.15, 0.2) is 0 Å². The Hall–Kier alpha value is -0.170. The molecule has 0 aromatic heterocycles. The molecular formula is C10H13IO3. The van der Waals surface area contributed by atoms with E-state index in [-0.39, 0.29) is 0 Å². The van der Waals surface area contributed by atoms with Crippen molar-refractivity contribution < 1.29 is 14.2 Å². The second kappa shape index (κ2) is 5.06. The minimum absolute atomic E-state index is 0.838. The summed E-state index contributed by atoms with van der Waals surface area (Å²) in [5.41, 5.74) is 0.838. The van der Waals surface area contributed by atoms with Gasteiger partial charge in [-0.25, -0.2) is 0 Å². The van der Waals surface area contributed by atoms with Gasteiger partial charge in [0.25, 0.3) is 0 Å². The maximum atomic E-state index is 5.22. The summed E-state index contributed by atoms with van der Waals surface area (Å²) in [6.45, 7) is 0. The van der Waals surface area contributed by atoms with Crippen LogP contribution in [0.25, 0.3) is 0 Å². The molecule has 0 aliphatic rings. The van der Waals surface area contributed by atoms with Crippen molar-refractivity contribution in [3.63, 3.8) is 0 Å². The van der Waals surface area contributed by atoms with Gasteiger partial charge in [-0.05, 0) is 46.9 Å². The first-order chi connectivity index (χ1) is 6.68. The number of methoxy groups -OCH3 is 3. The molecule has 1 aromatic rings. The Kier molecular flexibility index (Phi) is 4.31. The smallest absolute Gasteiger partial charge is 0.311 e. The number of ether oxygens (including phenoxy) is 3. The highest BCUT2D eigenvalue weighted by molar-refractivity contribution is 14.1. The molecule has 0 amide bonds. The lowest BCUT2D eigenvalue weighted by Gasteiger charge is -2.28. The minimum Gasteiger partial charge on any atom is -0.327 e. The van der Waals surface area contributed by atoms with Gasteiger partial charge < -0.3 is 14.2 Å². The molecule has 0 heterocycles. The van der Waals surface area contributed by atoms with Crippen LogP contribution in [-0.2, 0) is 20.2 Å². The van der Waals surface area contributed by atoms with Crippen LogP contribution in [0.2, 0.25) is 0 Å². The number of hydrogen-bond donors (Lipinski definition) is 0.